The van der Waals surface area contributed by atoms with Crippen LogP contribution in [0.2, 0.25) is 0 Å². The Kier molecular flexibility index (Phi) is 6.47. The molecule has 1 aliphatic rings. The van der Waals surface area contributed by atoms with Crippen LogP contribution in [-0.2, 0) is 5.41 Å². The Morgan fingerprint density at radius 2 is 1.37 bits per heavy atom. The highest BCUT2D eigenvalue weighted by Crippen LogP contribution is 2.49. The largest absolute Gasteiger partial charge is 0.504 e. The summed E-state index contributed by atoms with van der Waals surface area (Å²) in [7, 11) is 1.94. The zero-order chi connectivity index (χ0) is 27.2. The monoisotopic (exact) mass is 507 g/mol. The Balaban J connectivity index is 1.40. The molecule has 4 aromatic carbocycles. The number of likely N-dealkylation sites (N-methyl/N-ethyl adjacent to an activating group) is 1. The van der Waals surface area contributed by atoms with Crippen LogP contribution >= 0.6 is 0 Å². The van der Waals surface area contributed by atoms with Gasteiger partial charge in [-0.05, 0) is 71.0 Å². The smallest absolute Gasteiger partial charge is 0.268 e. The van der Waals surface area contributed by atoms with E-state index >= 15 is 0 Å². The second-order valence-electron chi connectivity index (χ2n) is 10.5. The van der Waals surface area contributed by atoms with Gasteiger partial charge < -0.3 is 14.7 Å². The van der Waals surface area contributed by atoms with Gasteiger partial charge in [0.1, 0.15) is 5.75 Å². The average molecular weight is 508 g/mol. The third-order valence-electron chi connectivity index (χ3n) is 7.85. The summed E-state index contributed by atoms with van der Waals surface area (Å²) in [6.45, 7) is 8.47. The minimum absolute atomic E-state index is 0.0867. The number of benzene rings is 3. The molecule has 5 heteroatoms. The predicted molar refractivity (Wildman–Crippen MR) is 155 cm³/mol. The van der Waals surface area contributed by atoms with Crippen LogP contribution in [0.5, 0.6) is 11.5 Å². The van der Waals surface area contributed by atoms with Gasteiger partial charge in [0.2, 0.25) is 5.43 Å². The van der Waals surface area contributed by atoms with Gasteiger partial charge in [0, 0.05) is 23.8 Å². The van der Waals surface area contributed by atoms with Crippen molar-refractivity contribution < 1.29 is 9.84 Å². The zero-order valence-corrected chi connectivity index (χ0v) is 22.5. The van der Waals surface area contributed by atoms with Crippen molar-refractivity contribution in [2.24, 2.45) is 0 Å². The Labute approximate surface area is 223 Å². The maximum atomic E-state index is 12.0. The number of hydrogen-bond donors (Lipinski definition) is 1. The van der Waals surface area contributed by atoms with Crippen molar-refractivity contribution in [1.82, 2.24) is 0 Å². The summed E-state index contributed by atoms with van der Waals surface area (Å²) < 4.78 is 6.04. The number of anilines is 1. The van der Waals surface area contributed by atoms with E-state index in [2.05, 4.69) is 82.3 Å². The first kappa shape index (κ1) is 25.5. The molecule has 0 bridgehead atoms. The molecule has 38 heavy (non-hydrogen) atoms. The van der Waals surface area contributed by atoms with Crippen LogP contribution in [0.3, 0.4) is 0 Å². The maximum Gasteiger partial charge on any atom is 0.268 e. The summed E-state index contributed by atoms with van der Waals surface area (Å²) >= 11 is 0. The second-order valence-corrected chi connectivity index (χ2v) is 10.5. The van der Waals surface area contributed by atoms with E-state index < -0.39 is 22.0 Å². The molecule has 0 spiro atoms. The van der Waals surface area contributed by atoms with E-state index in [1.54, 1.807) is 6.08 Å². The zero-order valence-electron chi connectivity index (χ0n) is 22.5. The van der Waals surface area contributed by atoms with E-state index in [0.717, 1.165) is 57.8 Å². The van der Waals surface area contributed by atoms with Gasteiger partial charge >= 0.3 is 0 Å². The van der Waals surface area contributed by atoms with Gasteiger partial charge in [-0.1, -0.05) is 70.2 Å². The third-order valence-corrected chi connectivity index (χ3v) is 7.85. The molecule has 1 heterocycles. The summed E-state index contributed by atoms with van der Waals surface area (Å²) in [6, 6.07) is 23.2. The second kappa shape index (κ2) is 9.64. The highest BCUT2D eigenvalue weighted by atomic mass is 16.5. The molecular formula is C33H33NO4. The Morgan fingerprint density at radius 1 is 0.842 bits per heavy atom. The van der Waals surface area contributed by atoms with Crippen LogP contribution < -0.4 is 20.5 Å². The fourth-order valence-corrected chi connectivity index (χ4v) is 5.37. The lowest BCUT2D eigenvalue weighted by molar-refractivity contribution is 0.193. The molecule has 0 unspecified atom stereocenters. The van der Waals surface area contributed by atoms with Crippen molar-refractivity contribution in [3.63, 3.8) is 0 Å². The number of rotatable bonds is 7. The summed E-state index contributed by atoms with van der Waals surface area (Å²) in [5.74, 6) is 0.453. The van der Waals surface area contributed by atoms with Gasteiger partial charge in [-0.15, -0.1) is 0 Å². The van der Waals surface area contributed by atoms with Gasteiger partial charge in [-0.3, -0.25) is 9.59 Å². The van der Waals surface area contributed by atoms with E-state index in [1.165, 1.54) is 0 Å². The van der Waals surface area contributed by atoms with Gasteiger partial charge in [0.05, 0.1) is 11.7 Å². The molecule has 4 aromatic rings. The molecule has 0 aliphatic carbocycles. The molecule has 1 N–H and O–H groups in total. The van der Waals surface area contributed by atoms with Gasteiger partial charge in [0.25, 0.3) is 5.43 Å². The summed E-state index contributed by atoms with van der Waals surface area (Å²) in [5.41, 5.74) is 5.74. The number of allylic oxidation sites excluding steroid dienone is 1. The molecule has 5 nitrogen and oxygen atoms in total. The minimum Gasteiger partial charge on any atom is -0.504 e. The van der Waals surface area contributed by atoms with Crippen molar-refractivity contribution in [2.75, 3.05) is 11.9 Å². The van der Waals surface area contributed by atoms with Gasteiger partial charge in [-0.2, -0.15) is 0 Å². The molecule has 0 radical (unpaired) electrons. The molecule has 5 rings (SSSR count). The summed E-state index contributed by atoms with van der Waals surface area (Å²) in [5, 5.41) is 9.89. The Hall–Kier alpha value is -4.12. The van der Waals surface area contributed by atoms with Crippen LogP contribution in [0.1, 0.15) is 51.7 Å². The van der Waals surface area contributed by atoms with Crippen LogP contribution in [0.25, 0.3) is 28.3 Å². The predicted octanol–water partition coefficient (Wildman–Crippen LogP) is 6.66. The van der Waals surface area contributed by atoms with Gasteiger partial charge in [0.15, 0.2) is 5.75 Å². The van der Waals surface area contributed by atoms with E-state index in [9.17, 15) is 14.7 Å². The van der Waals surface area contributed by atoms with E-state index in [-0.39, 0.29) is 11.7 Å². The fraction of sp³-hybridized carbons (Fsp3) is 0.273. The number of hydrogen-bond acceptors (Lipinski definition) is 5. The molecule has 0 aromatic heterocycles. The molecule has 194 valence electrons. The first-order valence-corrected chi connectivity index (χ1v) is 13.2. The standard InChI is InChI=1S/C33H33NO4/c1-6-24(7-2)38-25-15-12-21(13-16-25)20-8-10-22(11-9-20)23-14-17-28-27(18-23)33(3,4)29(34(28)5)19-26-30(35)32(37)31(26)36/h8-19,24,35H,6-7H2,1-5H3/b29-19+. The minimum atomic E-state index is -0.815. The van der Waals surface area contributed by atoms with Crippen LogP contribution in [0.4, 0.5) is 5.69 Å². The Morgan fingerprint density at radius 3 is 1.92 bits per heavy atom. The summed E-state index contributed by atoms with van der Waals surface area (Å²) in [4.78, 5) is 25.5. The molecule has 0 saturated carbocycles. The number of fused-ring (bicyclic) bond motifs is 1. The normalized spacial score (nSPS) is 15.4. The molecule has 1 aliphatic heterocycles. The quantitative estimate of drug-likeness (QED) is 0.283. The third kappa shape index (κ3) is 4.22. The SMILES string of the molecule is CCC(CC)Oc1ccc(-c2ccc(-c3ccc4c(c3)C(C)(C)/C(=C\c3c(O)c(=O)c3=O)N4C)cc2)cc1. The highest BCUT2D eigenvalue weighted by molar-refractivity contribution is 5.81. The van der Waals surface area contributed by atoms with E-state index in [1.807, 2.05) is 24.1 Å². The fourth-order valence-electron chi connectivity index (χ4n) is 5.37. The lowest BCUT2D eigenvalue weighted by atomic mass is 9.82. The highest BCUT2D eigenvalue weighted by Gasteiger charge is 2.39. The van der Waals surface area contributed by atoms with Crippen LogP contribution in [-0.4, -0.2) is 18.3 Å². The van der Waals surface area contributed by atoms with Crippen molar-refractivity contribution in [3.05, 3.63) is 104 Å². The van der Waals surface area contributed by atoms with Crippen molar-refractivity contribution >= 4 is 11.8 Å². The topological polar surface area (TPSA) is 66.8 Å². The number of nitrogens with zero attached hydrogens (tertiary/aromatic N) is 1. The average Bonchev–Trinajstić information content (AvgIpc) is 3.14. The first-order valence-electron chi connectivity index (χ1n) is 13.2. The van der Waals surface area contributed by atoms with Gasteiger partial charge in [-0.25, -0.2) is 0 Å². The van der Waals surface area contributed by atoms with Crippen LogP contribution in [0, 0.1) is 0 Å². The van der Waals surface area contributed by atoms with Crippen LogP contribution in [0.15, 0.2) is 82.0 Å². The van der Waals surface area contributed by atoms with Crippen molar-refractivity contribution in [2.45, 2.75) is 52.1 Å². The van der Waals surface area contributed by atoms with Crippen molar-refractivity contribution in [1.29, 1.82) is 0 Å². The lowest BCUT2D eigenvalue weighted by Crippen LogP contribution is -2.33. The molecule has 0 fully saturated rings. The molecule has 0 amide bonds. The Bertz CT molecular complexity index is 1580. The molecule has 0 saturated heterocycles. The maximum absolute atomic E-state index is 12.0. The molecular weight excluding hydrogens is 474 g/mol. The lowest BCUT2D eigenvalue weighted by Gasteiger charge is -2.24. The first-order chi connectivity index (χ1) is 18.1. The molecule has 0 atom stereocenters. The number of aromatic hydroxyl groups is 1. The van der Waals surface area contributed by atoms with E-state index in [0.29, 0.717) is 0 Å². The van der Waals surface area contributed by atoms with E-state index in [4.69, 9.17) is 4.74 Å². The van der Waals surface area contributed by atoms with Crippen molar-refractivity contribution in [3.8, 4) is 33.8 Å². The number of ether oxygens (including phenoxy) is 1. The summed E-state index contributed by atoms with van der Waals surface area (Å²) in [6.07, 6.45) is 3.89.